The van der Waals surface area contributed by atoms with Crippen molar-refractivity contribution in [2.24, 2.45) is 5.73 Å². The summed E-state index contributed by atoms with van der Waals surface area (Å²) in [4.78, 5) is 0. The normalized spacial score (nSPS) is 9.18. The Kier molecular flexibility index (Phi) is 2.11. The lowest BCUT2D eigenvalue weighted by Gasteiger charge is -2.02. The molecule has 0 heterocycles. The average Bonchev–Trinajstić information content (AvgIpc) is 1.85. The Hall–Kier alpha value is -1.51. The number of nitrogens with one attached hydrogen (secondary N) is 2. The first kappa shape index (κ1) is 7.60. The molecule has 0 atom stereocenters. The molecule has 1 aromatic rings. The minimum atomic E-state index is -0.0596. The van der Waals surface area contributed by atoms with Gasteiger partial charge >= 0.3 is 0 Å². The van der Waals surface area contributed by atoms with E-state index in [2.05, 4.69) is 12.2 Å². The van der Waals surface area contributed by atoms with Crippen molar-refractivity contribution in [1.82, 2.24) is 0 Å². The van der Waals surface area contributed by atoms with Gasteiger partial charge in [-0.25, -0.2) is 0 Å². The van der Waals surface area contributed by atoms with Crippen molar-refractivity contribution >= 4 is 11.6 Å². The van der Waals surface area contributed by atoms with Crippen molar-refractivity contribution in [2.75, 3.05) is 5.32 Å². The molecule has 1 radical (unpaired) electrons. The summed E-state index contributed by atoms with van der Waals surface area (Å²) in [5.41, 5.74) is 6.82. The standard InChI is InChI=1S/C8H10N3/c1-6-3-2-4-7(5-6)11-8(9)10/h2-5H,1H2,(H4,9,10,11). The molecule has 11 heavy (non-hydrogen) atoms. The first-order chi connectivity index (χ1) is 5.18. The van der Waals surface area contributed by atoms with Crippen LogP contribution in [0.25, 0.3) is 0 Å². The van der Waals surface area contributed by atoms with Crippen molar-refractivity contribution < 1.29 is 0 Å². The molecule has 0 saturated heterocycles. The van der Waals surface area contributed by atoms with E-state index in [0.29, 0.717) is 0 Å². The van der Waals surface area contributed by atoms with E-state index in [9.17, 15) is 0 Å². The molecule has 0 saturated carbocycles. The van der Waals surface area contributed by atoms with Crippen LogP contribution in [0, 0.1) is 12.3 Å². The zero-order chi connectivity index (χ0) is 8.27. The minimum Gasteiger partial charge on any atom is -0.370 e. The van der Waals surface area contributed by atoms with E-state index in [1.165, 1.54) is 0 Å². The predicted octanol–water partition coefficient (Wildman–Crippen LogP) is 1.17. The van der Waals surface area contributed by atoms with Gasteiger partial charge in [0.2, 0.25) is 0 Å². The third-order valence-electron chi connectivity index (χ3n) is 1.21. The van der Waals surface area contributed by atoms with E-state index in [1.54, 1.807) is 0 Å². The summed E-state index contributed by atoms with van der Waals surface area (Å²) in [6.07, 6.45) is 0. The van der Waals surface area contributed by atoms with Crippen LogP contribution in [0.3, 0.4) is 0 Å². The highest BCUT2D eigenvalue weighted by Crippen LogP contribution is 2.08. The number of guanidine groups is 1. The van der Waals surface area contributed by atoms with Gasteiger partial charge in [0.05, 0.1) is 0 Å². The molecule has 1 rings (SSSR count). The first-order valence-corrected chi connectivity index (χ1v) is 3.21. The van der Waals surface area contributed by atoms with Crippen LogP contribution >= 0.6 is 0 Å². The predicted molar refractivity (Wildman–Crippen MR) is 46.4 cm³/mol. The maximum atomic E-state index is 6.95. The van der Waals surface area contributed by atoms with E-state index in [4.69, 9.17) is 11.1 Å². The Morgan fingerprint density at radius 1 is 1.55 bits per heavy atom. The zero-order valence-corrected chi connectivity index (χ0v) is 6.09. The van der Waals surface area contributed by atoms with Gasteiger partial charge in [-0.05, 0) is 24.6 Å². The number of hydrogen-bond acceptors (Lipinski definition) is 1. The Labute approximate surface area is 65.7 Å². The smallest absolute Gasteiger partial charge is 0.190 e. The highest BCUT2D eigenvalue weighted by Gasteiger charge is 1.91. The molecular formula is C8H10N3. The fourth-order valence-electron chi connectivity index (χ4n) is 0.805. The molecule has 3 nitrogen and oxygen atoms in total. The van der Waals surface area contributed by atoms with Gasteiger partial charge in [-0.2, -0.15) is 0 Å². The summed E-state index contributed by atoms with van der Waals surface area (Å²) in [6, 6.07) is 7.39. The average molecular weight is 148 g/mol. The van der Waals surface area contributed by atoms with Crippen molar-refractivity contribution in [3.63, 3.8) is 0 Å². The molecule has 1 aromatic carbocycles. The maximum Gasteiger partial charge on any atom is 0.190 e. The van der Waals surface area contributed by atoms with E-state index >= 15 is 0 Å². The van der Waals surface area contributed by atoms with Gasteiger partial charge in [0, 0.05) is 5.69 Å². The minimum absolute atomic E-state index is 0.0596. The van der Waals surface area contributed by atoms with Crippen LogP contribution < -0.4 is 11.1 Å². The van der Waals surface area contributed by atoms with Gasteiger partial charge in [0.15, 0.2) is 5.96 Å². The maximum absolute atomic E-state index is 6.95. The number of nitrogens with two attached hydrogens (primary N) is 1. The second-order valence-corrected chi connectivity index (χ2v) is 2.24. The molecule has 3 heteroatoms. The molecule has 57 valence electrons. The van der Waals surface area contributed by atoms with E-state index in [1.807, 2.05) is 24.3 Å². The molecule has 0 spiro atoms. The van der Waals surface area contributed by atoms with Gasteiger partial charge < -0.3 is 11.1 Å². The fraction of sp³-hybridized carbons (Fsp3) is 0. The summed E-state index contributed by atoms with van der Waals surface area (Å²) < 4.78 is 0. The molecule has 0 aliphatic carbocycles. The van der Waals surface area contributed by atoms with Gasteiger partial charge in [-0.1, -0.05) is 12.1 Å². The lowest BCUT2D eigenvalue weighted by atomic mass is 10.2. The molecule has 0 bridgehead atoms. The van der Waals surface area contributed by atoms with E-state index in [-0.39, 0.29) is 5.96 Å². The topological polar surface area (TPSA) is 61.9 Å². The van der Waals surface area contributed by atoms with Gasteiger partial charge in [0.1, 0.15) is 0 Å². The molecule has 4 N–H and O–H groups in total. The monoisotopic (exact) mass is 148 g/mol. The van der Waals surface area contributed by atoms with Crippen molar-refractivity contribution in [1.29, 1.82) is 5.41 Å². The van der Waals surface area contributed by atoms with E-state index in [0.717, 1.165) is 11.3 Å². The van der Waals surface area contributed by atoms with Crippen LogP contribution in [0.1, 0.15) is 5.56 Å². The first-order valence-electron chi connectivity index (χ1n) is 3.21. The molecule has 0 fully saturated rings. The van der Waals surface area contributed by atoms with E-state index < -0.39 is 0 Å². The third-order valence-corrected chi connectivity index (χ3v) is 1.21. The Morgan fingerprint density at radius 3 is 2.82 bits per heavy atom. The van der Waals surface area contributed by atoms with Crippen LogP contribution in [0.5, 0.6) is 0 Å². The van der Waals surface area contributed by atoms with Crippen LogP contribution in [-0.2, 0) is 0 Å². The van der Waals surface area contributed by atoms with Gasteiger partial charge in [-0.15, -0.1) is 0 Å². The fourth-order valence-corrected chi connectivity index (χ4v) is 0.805. The van der Waals surface area contributed by atoms with Crippen molar-refractivity contribution in [3.8, 4) is 0 Å². The highest BCUT2D eigenvalue weighted by molar-refractivity contribution is 5.89. The van der Waals surface area contributed by atoms with Crippen LogP contribution in [0.2, 0.25) is 0 Å². The summed E-state index contributed by atoms with van der Waals surface area (Å²) in [6.45, 7) is 3.74. The highest BCUT2D eigenvalue weighted by atomic mass is 15.0. The summed E-state index contributed by atoms with van der Waals surface area (Å²) in [5.74, 6) is -0.0596. The van der Waals surface area contributed by atoms with Crippen molar-refractivity contribution in [2.45, 2.75) is 0 Å². The molecule has 0 amide bonds. The zero-order valence-electron chi connectivity index (χ0n) is 6.09. The third kappa shape index (κ3) is 2.29. The lowest BCUT2D eigenvalue weighted by molar-refractivity contribution is 1.41. The van der Waals surface area contributed by atoms with Crippen molar-refractivity contribution in [3.05, 3.63) is 36.8 Å². The summed E-state index contributed by atoms with van der Waals surface area (Å²) >= 11 is 0. The Bertz CT molecular complexity index is 268. The molecular weight excluding hydrogens is 138 g/mol. The Balaban J connectivity index is 2.79. The number of hydrogen-bond donors (Lipinski definition) is 3. The van der Waals surface area contributed by atoms with Crippen LogP contribution in [-0.4, -0.2) is 5.96 Å². The largest absolute Gasteiger partial charge is 0.370 e. The van der Waals surface area contributed by atoms with Crippen LogP contribution in [0.15, 0.2) is 24.3 Å². The summed E-state index contributed by atoms with van der Waals surface area (Å²) in [5, 5.41) is 9.62. The number of rotatable bonds is 1. The number of benzene rings is 1. The molecule has 0 aliphatic rings. The quantitative estimate of drug-likeness (QED) is 0.413. The Morgan fingerprint density at radius 2 is 2.27 bits per heavy atom. The van der Waals surface area contributed by atoms with Gasteiger partial charge in [-0.3, -0.25) is 5.41 Å². The molecule has 0 aliphatic heterocycles. The summed E-state index contributed by atoms with van der Waals surface area (Å²) in [7, 11) is 0. The molecule has 0 aromatic heterocycles. The second kappa shape index (κ2) is 3.05. The second-order valence-electron chi connectivity index (χ2n) is 2.24. The number of anilines is 1. The lowest BCUT2D eigenvalue weighted by Crippen LogP contribution is -2.20. The van der Waals surface area contributed by atoms with Gasteiger partial charge in [0.25, 0.3) is 0 Å². The molecule has 0 unspecified atom stereocenters. The van der Waals surface area contributed by atoms with Crippen LogP contribution in [0.4, 0.5) is 5.69 Å². The SMILES string of the molecule is [CH2]c1cccc(NC(=N)N)c1.